The summed E-state index contributed by atoms with van der Waals surface area (Å²) in [5.41, 5.74) is 1.29. The lowest BCUT2D eigenvalue weighted by molar-refractivity contribution is 0.385. The molecule has 0 saturated carbocycles. The summed E-state index contributed by atoms with van der Waals surface area (Å²) in [6.45, 7) is 1.82. The quantitative estimate of drug-likeness (QED) is 0.843. The average molecular weight is 362 g/mol. The summed E-state index contributed by atoms with van der Waals surface area (Å²) >= 11 is 5.93. The Morgan fingerprint density at radius 3 is 2.29 bits per heavy atom. The van der Waals surface area contributed by atoms with Gasteiger partial charge in [-0.1, -0.05) is 29.8 Å². The fraction of sp³-hybridized carbons (Fsp3) is 0.235. The normalized spacial score (nSPS) is 15.9. The highest BCUT2D eigenvalue weighted by molar-refractivity contribution is 7.89. The zero-order chi connectivity index (χ0) is 17.2. The highest BCUT2D eigenvalue weighted by Gasteiger charge is 2.29. The van der Waals surface area contributed by atoms with Crippen molar-refractivity contribution in [3.63, 3.8) is 0 Å². The summed E-state index contributed by atoms with van der Waals surface area (Å²) in [6, 6.07) is 15.8. The first kappa shape index (κ1) is 16.8. The summed E-state index contributed by atoms with van der Waals surface area (Å²) in [6.07, 6.45) is 0. The van der Waals surface area contributed by atoms with Crippen LogP contribution in [-0.4, -0.2) is 38.9 Å². The molecule has 124 valence electrons. The molecular weight excluding hydrogens is 346 g/mol. The van der Waals surface area contributed by atoms with Crippen molar-refractivity contribution in [2.75, 3.05) is 31.1 Å². The van der Waals surface area contributed by atoms with Gasteiger partial charge in [0.1, 0.15) is 6.07 Å². The van der Waals surface area contributed by atoms with Crippen molar-refractivity contribution in [1.82, 2.24) is 4.31 Å². The van der Waals surface area contributed by atoms with E-state index in [1.807, 2.05) is 11.0 Å². The first-order valence-corrected chi connectivity index (χ1v) is 9.34. The summed E-state index contributed by atoms with van der Waals surface area (Å²) in [4.78, 5) is 2.33. The van der Waals surface area contributed by atoms with E-state index in [9.17, 15) is 13.7 Å². The van der Waals surface area contributed by atoms with Crippen LogP contribution < -0.4 is 4.90 Å². The molecule has 0 spiro atoms. The molecule has 0 unspecified atom stereocenters. The zero-order valence-electron chi connectivity index (χ0n) is 12.9. The van der Waals surface area contributed by atoms with E-state index in [-0.39, 0.29) is 0 Å². The molecule has 0 atom stereocenters. The summed E-state index contributed by atoms with van der Waals surface area (Å²) < 4.78 is 26.8. The largest absolute Gasteiger partial charge is 0.368 e. The number of hydrogen-bond acceptors (Lipinski definition) is 4. The molecule has 0 radical (unpaired) electrons. The van der Waals surface area contributed by atoms with Gasteiger partial charge >= 0.3 is 0 Å². The van der Waals surface area contributed by atoms with Crippen molar-refractivity contribution in [2.45, 2.75) is 4.90 Å². The molecule has 1 aliphatic rings. The Hall–Kier alpha value is -2.07. The monoisotopic (exact) mass is 361 g/mol. The van der Waals surface area contributed by atoms with Crippen LogP contribution in [0.1, 0.15) is 5.56 Å². The third-order valence-electron chi connectivity index (χ3n) is 4.04. The van der Waals surface area contributed by atoms with Gasteiger partial charge in [0.25, 0.3) is 0 Å². The molecule has 0 bridgehead atoms. The van der Waals surface area contributed by atoms with Crippen LogP contribution in [0.5, 0.6) is 0 Å². The van der Waals surface area contributed by atoms with Gasteiger partial charge in [0, 0.05) is 31.2 Å². The van der Waals surface area contributed by atoms with Crippen LogP contribution in [-0.2, 0) is 10.0 Å². The number of benzene rings is 2. The Labute approximate surface area is 146 Å². The van der Waals surface area contributed by atoms with Gasteiger partial charge in [-0.05, 0) is 30.3 Å². The third kappa shape index (κ3) is 3.24. The van der Waals surface area contributed by atoms with E-state index in [4.69, 9.17) is 11.6 Å². The van der Waals surface area contributed by atoms with Crippen molar-refractivity contribution in [2.24, 2.45) is 0 Å². The summed E-state index contributed by atoms with van der Waals surface area (Å²) in [7, 11) is -3.47. The Balaban J connectivity index is 1.76. The van der Waals surface area contributed by atoms with Gasteiger partial charge in [-0.25, -0.2) is 8.42 Å². The van der Waals surface area contributed by atoms with Gasteiger partial charge in [-0.2, -0.15) is 9.57 Å². The molecule has 0 N–H and O–H groups in total. The number of rotatable bonds is 3. The number of halogens is 1. The molecule has 5 nitrogen and oxygen atoms in total. The number of anilines is 1. The van der Waals surface area contributed by atoms with Crippen LogP contribution in [0.25, 0.3) is 0 Å². The van der Waals surface area contributed by atoms with Crippen molar-refractivity contribution in [3.05, 3.63) is 59.1 Å². The van der Waals surface area contributed by atoms with E-state index in [0.29, 0.717) is 41.7 Å². The molecular formula is C17H16ClN3O2S. The number of hydrogen-bond donors (Lipinski definition) is 0. The molecule has 7 heteroatoms. The molecule has 1 saturated heterocycles. The highest BCUT2D eigenvalue weighted by Crippen LogP contribution is 2.26. The van der Waals surface area contributed by atoms with Gasteiger partial charge in [0.2, 0.25) is 10.0 Å². The fourth-order valence-corrected chi connectivity index (χ4v) is 4.40. The third-order valence-corrected chi connectivity index (χ3v) is 6.19. The average Bonchev–Trinajstić information content (AvgIpc) is 2.62. The predicted octanol–water partition coefficient (Wildman–Crippen LogP) is 2.72. The second-order valence-corrected chi connectivity index (χ2v) is 7.85. The lowest BCUT2D eigenvalue weighted by Gasteiger charge is -2.35. The van der Waals surface area contributed by atoms with Crippen molar-refractivity contribution < 1.29 is 8.42 Å². The molecule has 2 aromatic carbocycles. The van der Waals surface area contributed by atoms with Crippen LogP contribution in [0, 0.1) is 11.3 Å². The maximum absolute atomic E-state index is 12.6. The van der Waals surface area contributed by atoms with Crippen LogP contribution >= 0.6 is 11.6 Å². The number of sulfonamides is 1. The molecule has 1 heterocycles. The Kier molecular flexibility index (Phi) is 4.76. The lowest BCUT2D eigenvalue weighted by atomic mass is 10.1. The van der Waals surface area contributed by atoms with Gasteiger partial charge < -0.3 is 4.90 Å². The molecule has 3 rings (SSSR count). The maximum Gasteiger partial charge on any atom is 0.243 e. The fourth-order valence-electron chi connectivity index (χ4n) is 2.78. The Morgan fingerprint density at radius 2 is 1.67 bits per heavy atom. The standard InChI is InChI=1S/C17H16ClN3O2S/c18-15-6-7-17(14(12-15)13-19)20-8-10-21(11-9-20)24(22,23)16-4-2-1-3-5-16/h1-7,12H,8-11H2. The second kappa shape index (κ2) is 6.81. The van der Waals surface area contributed by atoms with E-state index in [0.717, 1.165) is 5.69 Å². The van der Waals surface area contributed by atoms with Crippen LogP contribution in [0.4, 0.5) is 5.69 Å². The maximum atomic E-state index is 12.6. The summed E-state index contributed by atoms with van der Waals surface area (Å²) in [5, 5.41) is 9.78. The molecule has 1 aliphatic heterocycles. The first-order valence-electron chi connectivity index (χ1n) is 7.52. The number of piperazine rings is 1. The molecule has 0 aliphatic carbocycles. The highest BCUT2D eigenvalue weighted by atomic mass is 35.5. The van der Waals surface area contributed by atoms with E-state index < -0.39 is 10.0 Å². The lowest BCUT2D eigenvalue weighted by Crippen LogP contribution is -2.48. The van der Waals surface area contributed by atoms with Crippen LogP contribution in [0.3, 0.4) is 0 Å². The van der Waals surface area contributed by atoms with E-state index >= 15 is 0 Å². The van der Waals surface area contributed by atoms with E-state index in [2.05, 4.69) is 6.07 Å². The van der Waals surface area contributed by atoms with Crippen molar-refractivity contribution in [3.8, 4) is 6.07 Å². The van der Waals surface area contributed by atoms with Crippen molar-refractivity contribution >= 4 is 27.3 Å². The number of nitrogens with zero attached hydrogens (tertiary/aromatic N) is 3. The minimum absolute atomic E-state index is 0.308. The second-order valence-electron chi connectivity index (χ2n) is 5.48. The predicted molar refractivity (Wildman–Crippen MR) is 93.6 cm³/mol. The van der Waals surface area contributed by atoms with Crippen LogP contribution in [0.15, 0.2) is 53.4 Å². The molecule has 0 amide bonds. The van der Waals surface area contributed by atoms with Crippen molar-refractivity contribution in [1.29, 1.82) is 5.26 Å². The summed E-state index contributed by atoms with van der Waals surface area (Å²) in [5.74, 6) is 0. The topological polar surface area (TPSA) is 64.4 Å². The van der Waals surface area contributed by atoms with Gasteiger partial charge in [-0.15, -0.1) is 0 Å². The SMILES string of the molecule is N#Cc1cc(Cl)ccc1N1CCN(S(=O)(=O)c2ccccc2)CC1. The smallest absolute Gasteiger partial charge is 0.243 e. The van der Waals surface area contributed by atoms with Gasteiger partial charge in [0.15, 0.2) is 0 Å². The van der Waals surface area contributed by atoms with Gasteiger partial charge in [-0.3, -0.25) is 0 Å². The zero-order valence-corrected chi connectivity index (χ0v) is 14.5. The molecule has 24 heavy (non-hydrogen) atoms. The van der Waals surface area contributed by atoms with Gasteiger partial charge in [0.05, 0.1) is 16.1 Å². The van der Waals surface area contributed by atoms with E-state index in [1.165, 1.54) is 4.31 Å². The molecule has 1 fully saturated rings. The van der Waals surface area contributed by atoms with Crippen LogP contribution in [0.2, 0.25) is 5.02 Å². The Bertz CT molecular complexity index is 870. The molecule has 0 aromatic heterocycles. The molecule has 2 aromatic rings. The Morgan fingerprint density at radius 1 is 1.00 bits per heavy atom. The number of nitriles is 1. The minimum atomic E-state index is -3.47. The minimum Gasteiger partial charge on any atom is -0.368 e. The van der Waals surface area contributed by atoms with E-state index in [1.54, 1.807) is 42.5 Å². The first-order chi connectivity index (χ1) is 11.5.